The molecule has 1 aromatic rings. The van der Waals surface area contributed by atoms with Crippen molar-refractivity contribution in [1.82, 2.24) is 4.90 Å². The second-order valence-electron chi connectivity index (χ2n) is 6.52. The number of likely N-dealkylation sites (tertiary alicyclic amines) is 1. The molecule has 0 aromatic heterocycles. The molecular formula is C16H18BrF3N2O3S. The summed E-state index contributed by atoms with van der Waals surface area (Å²) in [6, 6.07) is 4.92. The topological polar surface area (TPSA) is 59.0 Å². The summed E-state index contributed by atoms with van der Waals surface area (Å²) >= 11 is 3.33. The highest BCUT2D eigenvalue weighted by molar-refractivity contribution is 9.18. The van der Waals surface area contributed by atoms with Crippen LogP contribution in [0.25, 0.3) is 0 Å². The Kier molecular flexibility index (Phi) is 5.64. The number of hydrogen-bond donors (Lipinski definition) is 0. The van der Waals surface area contributed by atoms with Gasteiger partial charge >= 0.3 is 5.51 Å². The predicted octanol–water partition coefficient (Wildman–Crippen LogP) is 3.69. The molecule has 0 saturated carbocycles. The molecule has 0 spiro atoms. The first-order chi connectivity index (χ1) is 12.2. The monoisotopic (exact) mass is 454 g/mol. The van der Waals surface area contributed by atoms with Crippen LogP contribution in [0.3, 0.4) is 0 Å². The Bertz CT molecular complexity index is 773. The van der Waals surface area contributed by atoms with Crippen molar-refractivity contribution < 1.29 is 26.4 Å². The molecule has 10 heteroatoms. The summed E-state index contributed by atoms with van der Waals surface area (Å²) in [6.45, 7) is 2.28. The summed E-state index contributed by atoms with van der Waals surface area (Å²) in [6.07, 6.45) is 2.82. The molecule has 1 aromatic carbocycles. The molecule has 0 bridgehead atoms. The van der Waals surface area contributed by atoms with Gasteiger partial charge in [0.2, 0.25) is 0 Å². The van der Waals surface area contributed by atoms with Gasteiger partial charge in [-0.3, -0.25) is 4.90 Å². The fourth-order valence-electron chi connectivity index (χ4n) is 3.27. The zero-order valence-corrected chi connectivity index (χ0v) is 16.1. The number of rotatable bonds is 4. The van der Waals surface area contributed by atoms with Crippen LogP contribution in [0, 0.1) is 5.92 Å². The molecule has 2 aliphatic rings. The van der Waals surface area contributed by atoms with Crippen LogP contribution in [0.4, 0.5) is 13.2 Å². The van der Waals surface area contributed by atoms with Crippen LogP contribution in [0.1, 0.15) is 24.8 Å². The maximum Gasteiger partial charge on any atom is 0.501 e. The van der Waals surface area contributed by atoms with E-state index >= 15 is 0 Å². The van der Waals surface area contributed by atoms with E-state index in [-0.39, 0.29) is 6.10 Å². The Morgan fingerprint density at radius 3 is 2.31 bits per heavy atom. The first-order valence-electron chi connectivity index (χ1n) is 8.17. The zero-order valence-electron chi connectivity index (χ0n) is 13.7. The van der Waals surface area contributed by atoms with Crippen LogP contribution >= 0.6 is 15.9 Å². The Labute approximate surface area is 158 Å². The summed E-state index contributed by atoms with van der Waals surface area (Å²) in [7, 11) is -5.29. The molecule has 1 atom stereocenters. The van der Waals surface area contributed by atoms with Crippen molar-refractivity contribution in [3.05, 3.63) is 29.8 Å². The number of piperidine rings is 1. The fraction of sp³-hybridized carbons (Fsp3) is 0.562. The van der Waals surface area contributed by atoms with E-state index in [1.807, 2.05) is 0 Å². The minimum atomic E-state index is -5.29. The Hall–Kier alpha value is -1.13. The molecule has 0 N–H and O–H groups in total. The molecule has 1 unspecified atom stereocenters. The first-order valence-corrected chi connectivity index (χ1v) is 10.5. The molecule has 1 saturated heterocycles. The average molecular weight is 455 g/mol. The van der Waals surface area contributed by atoms with Gasteiger partial charge in [0.25, 0.3) is 9.84 Å². The van der Waals surface area contributed by atoms with E-state index < -0.39 is 20.2 Å². The van der Waals surface area contributed by atoms with Gasteiger partial charge in [0.15, 0.2) is 0 Å². The number of alkyl halides is 3. The van der Waals surface area contributed by atoms with E-state index in [1.54, 1.807) is 0 Å². The summed E-state index contributed by atoms with van der Waals surface area (Å²) in [5, 5.41) is 3.92. The van der Waals surface area contributed by atoms with Crippen molar-refractivity contribution in [3.63, 3.8) is 0 Å². The van der Waals surface area contributed by atoms with Gasteiger partial charge in [0.1, 0.15) is 10.7 Å². The minimum absolute atomic E-state index is 0.110. The van der Waals surface area contributed by atoms with Gasteiger partial charge in [-0.05, 0) is 59.6 Å². The van der Waals surface area contributed by atoms with Crippen LogP contribution in [-0.4, -0.2) is 42.6 Å². The van der Waals surface area contributed by atoms with E-state index in [4.69, 9.17) is 4.84 Å². The van der Waals surface area contributed by atoms with Gasteiger partial charge in [0.05, 0.1) is 4.90 Å². The molecule has 5 nitrogen and oxygen atoms in total. The second-order valence-corrected chi connectivity index (χ2v) is 9.38. The van der Waals surface area contributed by atoms with E-state index in [2.05, 4.69) is 26.0 Å². The van der Waals surface area contributed by atoms with E-state index in [9.17, 15) is 21.6 Å². The predicted molar refractivity (Wildman–Crippen MR) is 93.5 cm³/mol. The first kappa shape index (κ1) is 19.6. The van der Waals surface area contributed by atoms with Crippen molar-refractivity contribution in [3.8, 4) is 0 Å². The Morgan fingerprint density at radius 2 is 1.81 bits per heavy atom. The zero-order chi connectivity index (χ0) is 18.9. The second kappa shape index (κ2) is 7.47. The molecule has 2 aliphatic heterocycles. The molecule has 0 amide bonds. The number of benzene rings is 1. The maximum atomic E-state index is 12.6. The lowest BCUT2D eigenvalue weighted by atomic mass is 9.90. The van der Waals surface area contributed by atoms with Crippen molar-refractivity contribution in [2.45, 2.75) is 42.3 Å². The van der Waals surface area contributed by atoms with Crippen LogP contribution in [0.5, 0.6) is 0 Å². The number of halogens is 4. The number of sulfone groups is 1. The third-order valence-corrected chi connectivity index (χ3v) is 6.73. The van der Waals surface area contributed by atoms with Crippen LogP contribution in [0.15, 0.2) is 34.3 Å². The van der Waals surface area contributed by atoms with Gasteiger partial charge in [0, 0.05) is 18.9 Å². The average Bonchev–Trinajstić information content (AvgIpc) is 3.01. The van der Waals surface area contributed by atoms with Crippen LogP contribution in [-0.2, 0) is 21.2 Å². The minimum Gasteiger partial charge on any atom is -0.391 e. The molecule has 1 fully saturated rings. The lowest BCUT2D eigenvalue weighted by Gasteiger charge is -2.33. The Morgan fingerprint density at radius 1 is 1.19 bits per heavy atom. The third-order valence-electron chi connectivity index (χ3n) is 4.76. The lowest BCUT2D eigenvalue weighted by Crippen LogP contribution is -2.37. The van der Waals surface area contributed by atoms with Gasteiger partial charge in [-0.25, -0.2) is 8.42 Å². The van der Waals surface area contributed by atoms with Gasteiger partial charge in [-0.2, -0.15) is 13.2 Å². The van der Waals surface area contributed by atoms with Gasteiger partial charge in [-0.1, -0.05) is 17.3 Å². The van der Waals surface area contributed by atoms with Crippen molar-refractivity contribution in [2.75, 3.05) is 13.1 Å². The normalized spacial score (nSPS) is 22.9. The lowest BCUT2D eigenvalue weighted by molar-refractivity contribution is -0.0436. The number of oxime groups is 1. The van der Waals surface area contributed by atoms with E-state index in [0.29, 0.717) is 12.5 Å². The van der Waals surface area contributed by atoms with Crippen LogP contribution in [0.2, 0.25) is 0 Å². The summed E-state index contributed by atoms with van der Waals surface area (Å²) in [4.78, 5) is 6.88. The number of hydrogen-bond acceptors (Lipinski definition) is 5. The highest BCUT2D eigenvalue weighted by Crippen LogP contribution is 2.31. The highest BCUT2D eigenvalue weighted by atomic mass is 79.9. The van der Waals surface area contributed by atoms with Crippen LogP contribution < -0.4 is 0 Å². The molecule has 3 rings (SSSR count). The van der Waals surface area contributed by atoms with Crippen molar-refractivity contribution in [1.29, 1.82) is 0 Å². The fourth-order valence-corrected chi connectivity index (χ4v) is 4.43. The maximum absolute atomic E-state index is 12.6. The smallest absolute Gasteiger partial charge is 0.391 e. The highest BCUT2D eigenvalue weighted by Gasteiger charge is 2.46. The standard InChI is InChI=1S/C16H18BrF3N2O3S/c17-15-9-14(25-21-15)12-5-7-22(8-6-12)10-11-1-3-13(4-2-11)26(23,24)16(18,19)20/h1-4,12,14H,5-10H2. The molecule has 144 valence electrons. The summed E-state index contributed by atoms with van der Waals surface area (Å²) < 4.78 is 61.3. The van der Waals surface area contributed by atoms with Crippen molar-refractivity contribution >= 4 is 30.4 Å². The SMILES string of the molecule is O=S(=O)(c1ccc(CN2CCC(C3CC(Br)=NO3)CC2)cc1)C(F)(F)F. The van der Waals surface area contributed by atoms with E-state index in [1.165, 1.54) is 12.1 Å². The van der Waals surface area contributed by atoms with Gasteiger partial charge < -0.3 is 4.84 Å². The number of nitrogens with zero attached hydrogens (tertiary/aromatic N) is 2. The van der Waals surface area contributed by atoms with Gasteiger partial charge in [-0.15, -0.1) is 0 Å². The van der Waals surface area contributed by atoms with E-state index in [0.717, 1.165) is 54.7 Å². The quantitative estimate of drug-likeness (QED) is 0.695. The Balaban J connectivity index is 1.54. The summed E-state index contributed by atoms with van der Waals surface area (Å²) in [5.74, 6) is 0.435. The summed E-state index contributed by atoms with van der Waals surface area (Å²) in [5.41, 5.74) is -4.50. The largest absolute Gasteiger partial charge is 0.501 e. The third kappa shape index (κ3) is 4.23. The molecule has 26 heavy (non-hydrogen) atoms. The molecule has 2 heterocycles. The van der Waals surface area contributed by atoms with Crippen molar-refractivity contribution in [2.24, 2.45) is 11.1 Å². The molecule has 0 radical (unpaired) electrons. The molecule has 0 aliphatic carbocycles. The molecular weight excluding hydrogens is 437 g/mol.